The van der Waals surface area contributed by atoms with E-state index in [9.17, 15) is 4.79 Å². The van der Waals surface area contributed by atoms with Gasteiger partial charge in [0.2, 0.25) is 11.0 Å². The van der Waals surface area contributed by atoms with Crippen LogP contribution in [-0.4, -0.2) is 34.1 Å². The first kappa shape index (κ1) is 19.9. The highest BCUT2D eigenvalue weighted by atomic mass is 32.2. The van der Waals surface area contributed by atoms with Crippen molar-refractivity contribution in [3.05, 3.63) is 71.8 Å². The molecule has 4 rings (SSSR count). The van der Waals surface area contributed by atoms with Gasteiger partial charge in [0.1, 0.15) is 5.25 Å². The van der Waals surface area contributed by atoms with E-state index in [2.05, 4.69) is 27.6 Å². The highest BCUT2D eigenvalue weighted by Gasteiger charge is 2.29. The maximum Gasteiger partial charge on any atom is 0.240 e. The Hall–Kier alpha value is -2.38. The second-order valence-corrected chi connectivity index (χ2v) is 9.34. The van der Waals surface area contributed by atoms with Gasteiger partial charge in [0.15, 0.2) is 4.34 Å². The third-order valence-electron chi connectivity index (χ3n) is 4.91. The molecule has 2 heterocycles. The van der Waals surface area contributed by atoms with E-state index in [1.54, 1.807) is 0 Å². The van der Waals surface area contributed by atoms with Crippen LogP contribution < -0.4 is 5.32 Å². The van der Waals surface area contributed by atoms with Gasteiger partial charge < -0.3 is 10.2 Å². The molecule has 150 valence electrons. The van der Waals surface area contributed by atoms with Crippen molar-refractivity contribution < 1.29 is 4.79 Å². The summed E-state index contributed by atoms with van der Waals surface area (Å²) in [5.41, 5.74) is 2.21. The largest absolute Gasteiger partial charge is 0.356 e. The van der Waals surface area contributed by atoms with Crippen molar-refractivity contribution in [2.45, 2.75) is 35.4 Å². The maximum absolute atomic E-state index is 13.3. The molecule has 1 aromatic heterocycles. The zero-order valence-corrected chi connectivity index (χ0v) is 17.8. The first-order chi connectivity index (χ1) is 14.3. The molecule has 1 fully saturated rings. The molecule has 0 aliphatic carbocycles. The number of hydrogen-bond acceptors (Lipinski definition) is 6. The van der Waals surface area contributed by atoms with E-state index in [4.69, 9.17) is 0 Å². The van der Waals surface area contributed by atoms with Gasteiger partial charge in [-0.15, -0.1) is 10.2 Å². The van der Waals surface area contributed by atoms with E-state index >= 15 is 0 Å². The quantitative estimate of drug-likeness (QED) is 0.541. The molecular weight excluding hydrogens is 400 g/mol. The van der Waals surface area contributed by atoms with Gasteiger partial charge in [0.25, 0.3) is 0 Å². The molecule has 0 bridgehead atoms. The van der Waals surface area contributed by atoms with Gasteiger partial charge in [-0.3, -0.25) is 4.79 Å². The number of nitrogens with zero attached hydrogens (tertiary/aromatic N) is 3. The minimum atomic E-state index is -0.288. The molecule has 1 N–H and O–H groups in total. The fourth-order valence-corrected chi connectivity index (χ4v) is 5.40. The standard InChI is InChI=1S/C22H24N4OS2/c27-20(26-14-8-3-9-15-26)19(18-12-6-2-7-13-18)28-22-25-24-21(29-22)23-16-17-10-4-1-5-11-17/h1-2,4-7,10-13,19H,3,8-9,14-16H2,(H,23,24)/t19-/m1/s1. The van der Waals surface area contributed by atoms with Gasteiger partial charge in [0.05, 0.1) is 0 Å². The Kier molecular flexibility index (Phi) is 6.79. The van der Waals surface area contributed by atoms with Crippen LogP contribution in [-0.2, 0) is 11.3 Å². The zero-order chi connectivity index (χ0) is 19.9. The summed E-state index contributed by atoms with van der Waals surface area (Å²) >= 11 is 3.00. The fourth-order valence-electron chi connectivity index (χ4n) is 3.37. The fraction of sp³-hybridized carbons (Fsp3) is 0.318. The molecule has 7 heteroatoms. The predicted octanol–water partition coefficient (Wildman–Crippen LogP) is 5.00. The molecule has 0 spiro atoms. The number of nitrogens with one attached hydrogen (secondary N) is 1. The number of carbonyl (C=O) groups is 1. The average Bonchev–Trinajstić information content (AvgIpc) is 3.25. The summed E-state index contributed by atoms with van der Waals surface area (Å²) < 4.78 is 0.805. The van der Waals surface area contributed by atoms with Crippen LogP contribution >= 0.6 is 23.1 Å². The summed E-state index contributed by atoms with van der Waals surface area (Å²) in [6, 6.07) is 20.2. The van der Waals surface area contributed by atoms with Crippen molar-refractivity contribution in [3.63, 3.8) is 0 Å². The number of piperidine rings is 1. The molecule has 1 saturated heterocycles. The highest BCUT2D eigenvalue weighted by Crippen LogP contribution is 2.39. The van der Waals surface area contributed by atoms with Crippen LogP contribution in [0.25, 0.3) is 0 Å². The first-order valence-electron chi connectivity index (χ1n) is 9.91. The molecule has 5 nitrogen and oxygen atoms in total. The summed E-state index contributed by atoms with van der Waals surface area (Å²) in [7, 11) is 0. The minimum absolute atomic E-state index is 0.176. The number of carbonyl (C=O) groups excluding carboxylic acids is 1. The maximum atomic E-state index is 13.3. The Labute approximate surface area is 179 Å². The van der Waals surface area contributed by atoms with E-state index in [1.807, 2.05) is 53.4 Å². The van der Waals surface area contributed by atoms with Crippen LogP contribution in [0, 0.1) is 0 Å². The van der Waals surface area contributed by atoms with Gasteiger partial charge in [0, 0.05) is 19.6 Å². The molecule has 0 unspecified atom stereocenters. The molecule has 0 radical (unpaired) electrons. The summed E-state index contributed by atoms with van der Waals surface area (Å²) in [5, 5.41) is 12.4. The number of benzene rings is 2. The lowest BCUT2D eigenvalue weighted by Crippen LogP contribution is -2.38. The van der Waals surface area contributed by atoms with E-state index in [1.165, 1.54) is 35.1 Å². The molecule has 1 atom stereocenters. The predicted molar refractivity (Wildman–Crippen MR) is 119 cm³/mol. The Morgan fingerprint density at radius 1 is 1.00 bits per heavy atom. The first-order valence-corrected chi connectivity index (χ1v) is 11.6. The SMILES string of the molecule is O=C([C@H](Sc1nnc(NCc2ccccc2)s1)c1ccccc1)N1CCCCC1. The summed E-state index contributed by atoms with van der Waals surface area (Å²) in [6.07, 6.45) is 3.38. The monoisotopic (exact) mass is 424 g/mol. The van der Waals surface area contributed by atoms with Crippen molar-refractivity contribution in [1.29, 1.82) is 0 Å². The molecule has 1 amide bonds. The molecule has 3 aromatic rings. The lowest BCUT2D eigenvalue weighted by atomic mass is 10.1. The van der Waals surface area contributed by atoms with E-state index in [0.29, 0.717) is 6.54 Å². The molecule has 1 aliphatic heterocycles. The topological polar surface area (TPSA) is 58.1 Å². The molecule has 1 aliphatic rings. The summed E-state index contributed by atoms with van der Waals surface area (Å²) in [6.45, 7) is 2.40. The van der Waals surface area contributed by atoms with Crippen molar-refractivity contribution in [2.75, 3.05) is 18.4 Å². The minimum Gasteiger partial charge on any atom is -0.356 e. The van der Waals surface area contributed by atoms with Crippen LogP contribution in [0.15, 0.2) is 65.0 Å². The zero-order valence-electron chi connectivity index (χ0n) is 16.2. The molecule has 0 saturated carbocycles. The molecule has 2 aromatic carbocycles. The number of rotatable bonds is 7. The van der Waals surface area contributed by atoms with Crippen LogP contribution in [0.5, 0.6) is 0 Å². The van der Waals surface area contributed by atoms with Crippen LogP contribution in [0.4, 0.5) is 5.13 Å². The second kappa shape index (κ2) is 9.89. The van der Waals surface area contributed by atoms with Gasteiger partial charge in [-0.1, -0.05) is 83.8 Å². The van der Waals surface area contributed by atoms with Crippen molar-refractivity contribution in [3.8, 4) is 0 Å². The summed E-state index contributed by atoms with van der Waals surface area (Å²) in [4.78, 5) is 15.3. The number of hydrogen-bond donors (Lipinski definition) is 1. The van der Waals surface area contributed by atoms with Crippen LogP contribution in [0.2, 0.25) is 0 Å². The van der Waals surface area contributed by atoms with E-state index < -0.39 is 0 Å². The van der Waals surface area contributed by atoms with Crippen molar-refractivity contribution in [1.82, 2.24) is 15.1 Å². The third-order valence-corrected chi connectivity index (χ3v) is 7.11. The number of aromatic nitrogens is 2. The Morgan fingerprint density at radius 2 is 1.69 bits per heavy atom. The number of amides is 1. The van der Waals surface area contributed by atoms with Gasteiger partial charge in [-0.25, -0.2) is 0 Å². The normalized spacial score (nSPS) is 15.1. The van der Waals surface area contributed by atoms with Crippen molar-refractivity contribution in [2.24, 2.45) is 0 Å². The van der Waals surface area contributed by atoms with Crippen LogP contribution in [0.3, 0.4) is 0 Å². The lowest BCUT2D eigenvalue weighted by Gasteiger charge is -2.30. The average molecular weight is 425 g/mol. The van der Waals surface area contributed by atoms with Crippen LogP contribution in [0.1, 0.15) is 35.6 Å². The Morgan fingerprint density at radius 3 is 2.41 bits per heavy atom. The van der Waals surface area contributed by atoms with E-state index in [0.717, 1.165) is 41.0 Å². The smallest absolute Gasteiger partial charge is 0.240 e. The molecular formula is C22H24N4OS2. The highest BCUT2D eigenvalue weighted by molar-refractivity contribution is 8.01. The van der Waals surface area contributed by atoms with Gasteiger partial charge >= 0.3 is 0 Å². The van der Waals surface area contributed by atoms with E-state index in [-0.39, 0.29) is 11.2 Å². The van der Waals surface area contributed by atoms with Gasteiger partial charge in [-0.2, -0.15) is 0 Å². The number of anilines is 1. The Balaban J connectivity index is 1.46. The third kappa shape index (κ3) is 5.36. The van der Waals surface area contributed by atoms with Crippen molar-refractivity contribution >= 4 is 34.1 Å². The number of thioether (sulfide) groups is 1. The Bertz CT molecular complexity index is 911. The van der Waals surface area contributed by atoms with Gasteiger partial charge in [-0.05, 0) is 30.4 Å². The number of likely N-dealkylation sites (tertiary alicyclic amines) is 1. The second-order valence-electron chi connectivity index (χ2n) is 7.01. The molecule has 29 heavy (non-hydrogen) atoms. The lowest BCUT2D eigenvalue weighted by molar-refractivity contribution is -0.131. The summed E-state index contributed by atoms with van der Waals surface area (Å²) in [5.74, 6) is 0.176.